The fourth-order valence-corrected chi connectivity index (χ4v) is 1.40. The van der Waals surface area contributed by atoms with Crippen LogP contribution in [0.5, 0.6) is 0 Å². The molecule has 0 aromatic rings. The van der Waals surface area contributed by atoms with Gasteiger partial charge in [-0.3, -0.25) is 9.59 Å². The summed E-state index contributed by atoms with van der Waals surface area (Å²) in [4.78, 5) is 23.2. The van der Waals surface area contributed by atoms with Crippen molar-refractivity contribution < 1.29 is 14.3 Å². The van der Waals surface area contributed by atoms with Gasteiger partial charge in [-0.2, -0.15) is 0 Å². The molecule has 4 nitrogen and oxygen atoms in total. The molecule has 0 aromatic heterocycles. The number of carbonyl (C=O) groups is 2. The van der Waals surface area contributed by atoms with Crippen molar-refractivity contribution in [1.82, 2.24) is 5.32 Å². The third-order valence-corrected chi connectivity index (χ3v) is 2.49. The van der Waals surface area contributed by atoms with E-state index in [-0.39, 0.29) is 23.9 Å². The van der Waals surface area contributed by atoms with Crippen LogP contribution in [0.4, 0.5) is 0 Å². The number of rotatable bonds is 2. The van der Waals surface area contributed by atoms with E-state index in [1.54, 1.807) is 13.8 Å². The molecule has 4 heteroatoms. The van der Waals surface area contributed by atoms with E-state index in [1.807, 2.05) is 20.8 Å². The molecule has 1 atom stereocenters. The SMILES string of the molecule is CC(C)(C)OCC1NC(=O)C(C)(C)C1=O. The molecule has 0 aliphatic carbocycles. The average molecular weight is 213 g/mol. The van der Waals surface area contributed by atoms with Crippen LogP contribution < -0.4 is 5.32 Å². The molecule has 1 aliphatic rings. The van der Waals surface area contributed by atoms with Gasteiger partial charge >= 0.3 is 0 Å². The first-order chi connectivity index (χ1) is 6.64. The Morgan fingerprint density at radius 2 is 1.87 bits per heavy atom. The number of Topliss-reactive ketones (excluding diaryl/α,β-unsaturated/α-hetero) is 1. The third-order valence-electron chi connectivity index (χ3n) is 2.49. The summed E-state index contributed by atoms with van der Waals surface area (Å²) >= 11 is 0. The summed E-state index contributed by atoms with van der Waals surface area (Å²) in [6.07, 6.45) is 0. The normalized spacial score (nSPS) is 25.5. The summed E-state index contributed by atoms with van der Waals surface area (Å²) in [6.45, 7) is 9.28. The molecule has 1 fully saturated rings. The van der Waals surface area contributed by atoms with Crippen LogP contribution in [0.2, 0.25) is 0 Å². The molecule has 15 heavy (non-hydrogen) atoms. The van der Waals surface area contributed by atoms with Crippen LogP contribution in [0.3, 0.4) is 0 Å². The van der Waals surface area contributed by atoms with E-state index in [0.29, 0.717) is 0 Å². The van der Waals surface area contributed by atoms with E-state index >= 15 is 0 Å². The minimum Gasteiger partial charge on any atom is -0.373 e. The average Bonchev–Trinajstić information content (AvgIpc) is 2.25. The van der Waals surface area contributed by atoms with Gasteiger partial charge in [-0.25, -0.2) is 0 Å². The molecule has 1 unspecified atom stereocenters. The predicted molar refractivity (Wildman–Crippen MR) is 56.4 cm³/mol. The van der Waals surface area contributed by atoms with Crippen LogP contribution in [0.1, 0.15) is 34.6 Å². The maximum Gasteiger partial charge on any atom is 0.233 e. The quantitative estimate of drug-likeness (QED) is 0.693. The number of nitrogens with one attached hydrogen (secondary N) is 1. The molecule has 0 radical (unpaired) electrons. The highest BCUT2D eigenvalue weighted by Gasteiger charge is 2.47. The Labute approximate surface area is 90.4 Å². The first kappa shape index (κ1) is 12.2. The highest BCUT2D eigenvalue weighted by Crippen LogP contribution is 2.25. The second-order valence-electron chi connectivity index (χ2n) is 5.44. The van der Waals surface area contributed by atoms with Crippen molar-refractivity contribution in [3.8, 4) is 0 Å². The Hall–Kier alpha value is -0.900. The zero-order valence-corrected chi connectivity index (χ0v) is 10.0. The van der Waals surface area contributed by atoms with Crippen LogP contribution in [0, 0.1) is 5.41 Å². The molecule has 0 aromatic carbocycles. The lowest BCUT2D eigenvalue weighted by atomic mass is 9.88. The van der Waals surface area contributed by atoms with Crippen molar-refractivity contribution in [2.45, 2.75) is 46.3 Å². The molecule has 0 spiro atoms. The van der Waals surface area contributed by atoms with Crippen molar-refractivity contribution in [2.75, 3.05) is 6.61 Å². The van der Waals surface area contributed by atoms with Crippen LogP contribution in [0.25, 0.3) is 0 Å². The first-order valence-corrected chi connectivity index (χ1v) is 5.14. The maximum absolute atomic E-state index is 11.8. The van der Waals surface area contributed by atoms with E-state index < -0.39 is 11.5 Å². The summed E-state index contributed by atoms with van der Waals surface area (Å²) in [6, 6.07) is -0.494. The zero-order chi connectivity index (χ0) is 11.9. The number of amides is 1. The zero-order valence-electron chi connectivity index (χ0n) is 10.0. The molecular formula is C11H19NO3. The Balaban J connectivity index is 2.61. The summed E-state index contributed by atoms with van der Waals surface area (Å²) in [5, 5.41) is 2.65. The van der Waals surface area contributed by atoms with E-state index in [0.717, 1.165) is 0 Å². The third kappa shape index (κ3) is 2.56. The topological polar surface area (TPSA) is 55.4 Å². The molecule has 0 bridgehead atoms. The number of hydrogen-bond donors (Lipinski definition) is 1. The molecule has 1 heterocycles. The lowest BCUT2D eigenvalue weighted by molar-refractivity contribution is -0.133. The second-order valence-corrected chi connectivity index (χ2v) is 5.44. The molecule has 0 saturated carbocycles. The fourth-order valence-electron chi connectivity index (χ4n) is 1.40. The lowest BCUT2D eigenvalue weighted by Gasteiger charge is -2.21. The van der Waals surface area contributed by atoms with Crippen LogP contribution in [0.15, 0.2) is 0 Å². The minimum absolute atomic E-state index is 0.0863. The highest BCUT2D eigenvalue weighted by molar-refractivity contribution is 6.13. The Bertz CT molecular complexity index is 289. The molecule has 1 N–H and O–H groups in total. The van der Waals surface area contributed by atoms with Crippen molar-refractivity contribution in [2.24, 2.45) is 5.41 Å². The Morgan fingerprint density at radius 3 is 2.20 bits per heavy atom. The number of carbonyl (C=O) groups excluding carboxylic acids is 2. The van der Waals surface area contributed by atoms with Gasteiger partial charge in [-0.05, 0) is 34.6 Å². The lowest BCUT2D eigenvalue weighted by Crippen LogP contribution is -2.37. The van der Waals surface area contributed by atoms with Crippen molar-refractivity contribution in [3.05, 3.63) is 0 Å². The molecule has 1 rings (SSSR count). The smallest absolute Gasteiger partial charge is 0.233 e. The Kier molecular flexibility index (Phi) is 2.92. The van der Waals surface area contributed by atoms with E-state index in [4.69, 9.17) is 4.74 Å². The van der Waals surface area contributed by atoms with Gasteiger partial charge in [0.1, 0.15) is 11.5 Å². The molecule has 1 aliphatic heterocycles. The van der Waals surface area contributed by atoms with E-state index in [9.17, 15) is 9.59 Å². The largest absolute Gasteiger partial charge is 0.373 e. The summed E-state index contributed by atoms with van der Waals surface area (Å²) in [5.41, 5.74) is -1.20. The Morgan fingerprint density at radius 1 is 1.33 bits per heavy atom. The summed E-state index contributed by atoms with van der Waals surface area (Å²) in [7, 11) is 0. The number of ketones is 1. The maximum atomic E-state index is 11.8. The monoisotopic (exact) mass is 213 g/mol. The van der Waals surface area contributed by atoms with Gasteiger partial charge in [0.25, 0.3) is 0 Å². The van der Waals surface area contributed by atoms with E-state index in [1.165, 1.54) is 0 Å². The van der Waals surface area contributed by atoms with Gasteiger partial charge in [-0.1, -0.05) is 0 Å². The number of ether oxygens (including phenoxy) is 1. The van der Waals surface area contributed by atoms with Gasteiger partial charge < -0.3 is 10.1 Å². The van der Waals surface area contributed by atoms with Gasteiger partial charge in [0, 0.05) is 0 Å². The standard InChI is InChI=1S/C11H19NO3/c1-10(2,3)15-6-7-8(13)11(4,5)9(14)12-7/h7H,6H2,1-5H3,(H,12,14). The molecule has 86 valence electrons. The van der Waals surface area contributed by atoms with Crippen LogP contribution in [-0.2, 0) is 14.3 Å². The van der Waals surface area contributed by atoms with E-state index in [2.05, 4.69) is 5.32 Å². The van der Waals surface area contributed by atoms with Crippen molar-refractivity contribution in [1.29, 1.82) is 0 Å². The first-order valence-electron chi connectivity index (χ1n) is 5.14. The summed E-state index contributed by atoms with van der Waals surface area (Å²) in [5.74, 6) is -0.299. The number of hydrogen-bond acceptors (Lipinski definition) is 3. The second kappa shape index (κ2) is 3.59. The highest BCUT2D eigenvalue weighted by atomic mass is 16.5. The predicted octanol–water partition coefficient (Wildman–Crippen LogP) is 0.895. The van der Waals surface area contributed by atoms with Crippen LogP contribution >= 0.6 is 0 Å². The van der Waals surface area contributed by atoms with Crippen LogP contribution in [-0.4, -0.2) is 29.9 Å². The van der Waals surface area contributed by atoms with Crippen molar-refractivity contribution >= 4 is 11.7 Å². The van der Waals surface area contributed by atoms with Crippen molar-refractivity contribution in [3.63, 3.8) is 0 Å². The minimum atomic E-state index is -0.911. The van der Waals surface area contributed by atoms with Gasteiger partial charge in [0.2, 0.25) is 5.91 Å². The van der Waals surface area contributed by atoms with Gasteiger partial charge in [0.05, 0.1) is 12.2 Å². The molecular weight excluding hydrogens is 194 g/mol. The summed E-state index contributed by atoms with van der Waals surface area (Å²) < 4.78 is 5.49. The van der Waals surface area contributed by atoms with Gasteiger partial charge in [0.15, 0.2) is 5.78 Å². The fraction of sp³-hybridized carbons (Fsp3) is 0.818. The molecule has 1 saturated heterocycles. The molecule has 1 amide bonds. The van der Waals surface area contributed by atoms with Gasteiger partial charge in [-0.15, -0.1) is 0 Å².